The molecule has 0 amide bonds. The topological polar surface area (TPSA) is 74.7 Å². The molecule has 4 rings (SSSR count). The first-order valence-electron chi connectivity index (χ1n) is 8.22. The van der Waals surface area contributed by atoms with E-state index < -0.39 is 5.69 Å². The van der Waals surface area contributed by atoms with Gasteiger partial charge < -0.3 is 4.57 Å². The minimum Gasteiger partial charge on any atom is -0.319 e. The van der Waals surface area contributed by atoms with Gasteiger partial charge in [-0.15, -0.1) is 11.3 Å². The first kappa shape index (κ1) is 17.7. The first-order valence-corrected chi connectivity index (χ1v) is 9.48. The molecule has 0 aliphatic heterocycles. The minimum absolute atomic E-state index is 0.359. The summed E-state index contributed by atoms with van der Waals surface area (Å²) in [4.78, 5) is 33.4. The second kappa shape index (κ2) is 6.79. The number of benzene rings is 1. The summed E-state index contributed by atoms with van der Waals surface area (Å²) in [6.07, 6.45) is 2.30. The van der Waals surface area contributed by atoms with E-state index in [1.807, 2.05) is 29.6 Å². The van der Waals surface area contributed by atoms with E-state index in [0.717, 1.165) is 27.3 Å². The summed E-state index contributed by atoms with van der Waals surface area (Å²) >= 11 is 7.49. The van der Waals surface area contributed by atoms with Crippen molar-refractivity contribution in [1.82, 2.24) is 23.7 Å². The SMILES string of the molecule is Cn1c(=O)c2c(ncn2Cc2csc(Cc3ccc(Cl)cc3)n2)n(C)c1=O. The van der Waals surface area contributed by atoms with Crippen molar-refractivity contribution in [3.8, 4) is 0 Å². The lowest BCUT2D eigenvalue weighted by atomic mass is 10.2. The van der Waals surface area contributed by atoms with E-state index in [9.17, 15) is 9.59 Å². The number of halogens is 1. The predicted molar refractivity (Wildman–Crippen MR) is 106 cm³/mol. The van der Waals surface area contributed by atoms with E-state index in [1.165, 1.54) is 11.6 Å². The third-order valence-corrected chi connectivity index (χ3v) is 5.57. The second-order valence-corrected chi connectivity index (χ2v) is 7.67. The summed E-state index contributed by atoms with van der Waals surface area (Å²) in [5.74, 6) is 0. The number of aromatic nitrogens is 5. The molecule has 0 unspecified atom stereocenters. The van der Waals surface area contributed by atoms with Crippen LogP contribution in [0.4, 0.5) is 0 Å². The average molecular weight is 402 g/mol. The zero-order chi connectivity index (χ0) is 19.1. The largest absolute Gasteiger partial charge is 0.332 e. The molecule has 0 bridgehead atoms. The van der Waals surface area contributed by atoms with Gasteiger partial charge >= 0.3 is 5.69 Å². The number of nitrogens with zero attached hydrogens (tertiary/aromatic N) is 5. The number of rotatable bonds is 4. The minimum atomic E-state index is -0.392. The molecule has 0 aliphatic rings. The van der Waals surface area contributed by atoms with Crippen LogP contribution in [-0.4, -0.2) is 23.7 Å². The average Bonchev–Trinajstić information content (AvgIpc) is 3.27. The molecule has 3 heterocycles. The fraction of sp³-hybridized carbons (Fsp3) is 0.222. The van der Waals surface area contributed by atoms with Crippen molar-refractivity contribution in [3.05, 3.63) is 78.1 Å². The van der Waals surface area contributed by atoms with E-state index >= 15 is 0 Å². The number of imidazole rings is 1. The Kier molecular flexibility index (Phi) is 4.45. The summed E-state index contributed by atoms with van der Waals surface area (Å²) in [6, 6.07) is 7.69. The Labute approximate surface area is 163 Å². The van der Waals surface area contributed by atoms with Crippen molar-refractivity contribution in [2.75, 3.05) is 0 Å². The van der Waals surface area contributed by atoms with Crippen LogP contribution in [0.25, 0.3) is 11.2 Å². The maximum Gasteiger partial charge on any atom is 0.332 e. The number of fused-ring (bicyclic) bond motifs is 1. The summed E-state index contributed by atoms with van der Waals surface area (Å²) in [5, 5.41) is 3.67. The van der Waals surface area contributed by atoms with Gasteiger partial charge in [0, 0.05) is 30.9 Å². The lowest BCUT2D eigenvalue weighted by Gasteiger charge is -2.05. The third kappa shape index (κ3) is 3.22. The Morgan fingerprint density at radius 2 is 1.85 bits per heavy atom. The molecule has 1 aromatic carbocycles. The quantitative estimate of drug-likeness (QED) is 0.525. The molecule has 0 atom stereocenters. The number of aryl methyl sites for hydroxylation is 1. The van der Waals surface area contributed by atoms with Gasteiger partial charge in [0.05, 0.1) is 23.6 Å². The normalized spacial score (nSPS) is 11.4. The van der Waals surface area contributed by atoms with Crippen molar-refractivity contribution in [2.45, 2.75) is 13.0 Å². The molecule has 9 heteroatoms. The highest BCUT2D eigenvalue weighted by atomic mass is 35.5. The van der Waals surface area contributed by atoms with Gasteiger partial charge in [0.1, 0.15) is 0 Å². The molecule has 27 heavy (non-hydrogen) atoms. The van der Waals surface area contributed by atoms with Crippen molar-refractivity contribution in [3.63, 3.8) is 0 Å². The van der Waals surface area contributed by atoms with Crippen molar-refractivity contribution in [2.24, 2.45) is 14.1 Å². The van der Waals surface area contributed by atoms with E-state index in [-0.39, 0.29) is 5.56 Å². The Bertz CT molecular complexity index is 1250. The lowest BCUT2D eigenvalue weighted by Crippen LogP contribution is -2.37. The molecule has 3 aromatic heterocycles. The molecule has 0 saturated carbocycles. The standard InChI is InChI=1S/C18H16ClN5O2S/c1-22-16-15(17(25)23(2)18(22)26)24(10-20-16)8-13-9-27-14(21-13)7-11-3-5-12(19)6-4-11/h3-6,9-10H,7-8H2,1-2H3. The molecule has 0 spiro atoms. The van der Waals surface area contributed by atoms with Gasteiger partial charge in [-0.25, -0.2) is 14.8 Å². The van der Waals surface area contributed by atoms with Crippen molar-refractivity contribution >= 4 is 34.1 Å². The monoisotopic (exact) mass is 401 g/mol. The zero-order valence-corrected chi connectivity index (χ0v) is 16.3. The molecule has 0 radical (unpaired) electrons. The maximum atomic E-state index is 12.5. The summed E-state index contributed by atoms with van der Waals surface area (Å²) in [7, 11) is 3.07. The number of hydrogen-bond acceptors (Lipinski definition) is 5. The van der Waals surface area contributed by atoms with Gasteiger partial charge in [-0.3, -0.25) is 13.9 Å². The third-order valence-electron chi connectivity index (χ3n) is 4.42. The Morgan fingerprint density at radius 3 is 2.59 bits per heavy atom. The highest BCUT2D eigenvalue weighted by Crippen LogP contribution is 2.18. The van der Waals surface area contributed by atoms with E-state index in [2.05, 4.69) is 9.97 Å². The van der Waals surface area contributed by atoms with Crippen LogP contribution in [0.3, 0.4) is 0 Å². The molecule has 0 fully saturated rings. The van der Waals surface area contributed by atoms with Crippen LogP contribution in [-0.2, 0) is 27.1 Å². The van der Waals surface area contributed by atoms with Crippen LogP contribution in [0.2, 0.25) is 5.02 Å². The van der Waals surface area contributed by atoms with E-state index in [1.54, 1.807) is 29.3 Å². The highest BCUT2D eigenvalue weighted by Gasteiger charge is 2.15. The number of hydrogen-bond donors (Lipinski definition) is 0. The van der Waals surface area contributed by atoms with Gasteiger partial charge in [0.15, 0.2) is 11.2 Å². The summed E-state index contributed by atoms with van der Waals surface area (Å²) < 4.78 is 4.20. The zero-order valence-electron chi connectivity index (χ0n) is 14.7. The molecular formula is C18H16ClN5O2S. The first-order chi connectivity index (χ1) is 12.9. The molecular weight excluding hydrogens is 386 g/mol. The predicted octanol–water partition coefficient (Wildman–Crippen LogP) is 2.18. The lowest BCUT2D eigenvalue weighted by molar-refractivity contribution is 0.701. The highest BCUT2D eigenvalue weighted by molar-refractivity contribution is 7.09. The van der Waals surface area contributed by atoms with Crippen molar-refractivity contribution in [1.29, 1.82) is 0 Å². The van der Waals surface area contributed by atoms with E-state index in [4.69, 9.17) is 11.6 Å². The van der Waals surface area contributed by atoms with Gasteiger partial charge in [-0.05, 0) is 17.7 Å². The fourth-order valence-electron chi connectivity index (χ4n) is 2.97. The Morgan fingerprint density at radius 1 is 1.11 bits per heavy atom. The molecule has 138 valence electrons. The Balaban J connectivity index is 1.64. The van der Waals surface area contributed by atoms with Gasteiger partial charge in [0.25, 0.3) is 5.56 Å². The smallest absolute Gasteiger partial charge is 0.319 e. The van der Waals surface area contributed by atoms with Crippen LogP contribution < -0.4 is 11.2 Å². The van der Waals surface area contributed by atoms with Crippen LogP contribution in [0.15, 0.2) is 45.6 Å². The van der Waals surface area contributed by atoms with E-state index in [0.29, 0.717) is 22.7 Å². The molecule has 7 nitrogen and oxygen atoms in total. The molecule has 4 aromatic rings. The van der Waals surface area contributed by atoms with Crippen LogP contribution in [0.5, 0.6) is 0 Å². The number of thiazole rings is 1. The van der Waals surface area contributed by atoms with Gasteiger partial charge in [-0.1, -0.05) is 23.7 Å². The van der Waals surface area contributed by atoms with Crippen LogP contribution in [0.1, 0.15) is 16.3 Å². The van der Waals surface area contributed by atoms with Gasteiger partial charge in [-0.2, -0.15) is 0 Å². The van der Waals surface area contributed by atoms with Gasteiger partial charge in [0.2, 0.25) is 0 Å². The molecule has 0 N–H and O–H groups in total. The van der Waals surface area contributed by atoms with Crippen LogP contribution >= 0.6 is 22.9 Å². The van der Waals surface area contributed by atoms with Crippen LogP contribution in [0, 0.1) is 0 Å². The fourth-order valence-corrected chi connectivity index (χ4v) is 3.92. The molecule has 0 aliphatic carbocycles. The molecule has 0 saturated heterocycles. The second-order valence-electron chi connectivity index (χ2n) is 6.29. The van der Waals surface area contributed by atoms with Crippen molar-refractivity contribution < 1.29 is 0 Å². The summed E-state index contributed by atoms with van der Waals surface area (Å²) in [5.41, 5.74) is 2.00. The Hall–Kier alpha value is -2.71. The maximum absolute atomic E-state index is 12.5. The summed E-state index contributed by atoms with van der Waals surface area (Å²) in [6.45, 7) is 0.418.